The number of hydrogen-bond acceptors (Lipinski definition) is 2. The molecule has 0 saturated heterocycles. The topological polar surface area (TPSA) is 52.9 Å². The molecule has 2 aromatic rings. The summed E-state index contributed by atoms with van der Waals surface area (Å²) in [4.78, 5) is 11.9. The molecule has 0 unspecified atom stereocenters. The molecule has 22 heavy (non-hydrogen) atoms. The molecule has 6 heteroatoms. The number of carbonyl (C=O) groups excluding carboxylic acids is 1. The number of nitrogens with one attached hydrogen (secondary N) is 1. The normalized spacial score (nSPS) is 10.8. The van der Waals surface area contributed by atoms with Gasteiger partial charge in [-0.2, -0.15) is 18.4 Å². The van der Waals surface area contributed by atoms with Crippen molar-refractivity contribution < 1.29 is 18.0 Å². The van der Waals surface area contributed by atoms with Crippen molar-refractivity contribution in [3.05, 3.63) is 70.8 Å². The van der Waals surface area contributed by atoms with Gasteiger partial charge in [0.15, 0.2) is 0 Å². The van der Waals surface area contributed by atoms with Crippen LogP contribution in [-0.2, 0) is 12.7 Å². The van der Waals surface area contributed by atoms with Gasteiger partial charge in [-0.25, -0.2) is 0 Å². The van der Waals surface area contributed by atoms with Crippen LogP contribution in [0.4, 0.5) is 13.2 Å². The van der Waals surface area contributed by atoms with Gasteiger partial charge in [-0.3, -0.25) is 4.79 Å². The Labute approximate surface area is 125 Å². The summed E-state index contributed by atoms with van der Waals surface area (Å²) in [5, 5.41) is 11.2. The molecule has 0 aliphatic carbocycles. The maximum Gasteiger partial charge on any atom is 0.416 e. The molecule has 112 valence electrons. The van der Waals surface area contributed by atoms with Gasteiger partial charge in [-0.15, -0.1) is 0 Å². The summed E-state index contributed by atoms with van der Waals surface area (Å²) in [7, 11) is 0. The third-order valence-corrected chi connectivity index (χ3v) is 2.99. The van der Waals surface area contributed by atoms with Crippen LogP contribution in [0.15, 0.2) is 48.5 Å². The van der Waals surface area contributed by atoms with Gasteiger partial charge in [0.05, 0.1) is 17.2 Å². The summed E-state index contributed by atoms with van der Waals surface area (Å²) >= 11 is 0. The summed E-state index contributed by atoms with van der Waals surface area (Å²) in [6.07, 6.45) is -4.48. The molecule has 0 aliphatic rings. The van der Waals surface area contributed by atoms with Crippen molar-refractivity contribution in [2.75, 3.05) is 0 Å². The first-order chi connectivity index (χ1) is 10.4. The monoisotopic (exact) mass is 304 g/mol. The highest BCUT2D eigenvalue weighted by molar-refractivity contribution is 5.94. The smallest absolute Gasteiger partial charge is 0.348 e. The Morgan fingerprint density at radius 3 is 2.41 bits per heavy atom. The Bertz CT molecular complexity index is 715. The van der Waals surface area contributed by atoms with Crippen molar-refractivity contribution in [2.45, 2.75) is 12.7 Å². The maximum atomic E-state index is 12.6. The lowest BCUT2D eigenvalue weighted by atomic mass is 10.1. The van der Waals surface area contributed by atoms with E-state index in [1.807, 2.05) is 6.07 Å². The first-order valence-electron chi connectivity index (χ1n) is 6.34. The summed E-state index contributed by atoms with van der Waals surface area (Å²) in [5.41, 5.74) is 0.328. The van der Waals surface area contributed by atoms with Gasteiger partial charge in [-0.1, -0.05) is 18.2 Å². The van der Waals surface area contributed by atoms with Crippen molar-refractivity contribution in [2.24, 2.45) is 0 Å². The van der Waals surface area contributed by atoms with E-state index in [2.05, 4.69) is 5.32 Å². The summed E-state index contributed by atoms with van der Waals surface area (Å²) in [6.45, 7) is 0.167. The number of amides is 1. The van der Waals surface area contributed by atoms with Crippen LogP contribution in [0.5, 0.6) is 0 Å². The quantitative estimate of drug-likeness (QED) is 0.943. The Morgan fingerprint density at radius 2 is 1.82 bits per heavy atom. The number of nitriles is 1. The number of benzene rings is 2. The predicted molar refractivity (Wildman–Crippen MR) is 73.8 cm³/mol. The first-order valence-corrected chi connectivity index (χ1v) is 6.34. The Hall–Kier alpha value is -2.81. The number of rotatable bonds is 3. The van der Waals surface area contributed by atoms with Crippen molar-refractivity contribution in [3.63, 3.8) is 0 Å². The van der Waals surface area contributed by atoms with Crippen LogP contribution in [0.2, 0.25) is 0 Å². The molecule has 0 fully saturated rings. The van der Waals surface area contributed by atoms with Crippen molar-refractivity contribution >= 4 is 5.91 Å². The van der Waals surface area contributed by atoms with E-state index < -0.39 is 17.6 Å². The zero-order valence-corrected chi connectivity index (χ0v) is 11.3. The fourth-order valence-corrected chi connectivity index (χ4v) is 1.82. The molecule has 0 spiro atoms. The second-order valence-electron chi connectivity index (χ2n) is 4.57. The predicted octanol–water partition coefficient (Wildman–Crippen LogP) is 3.51. The Balaban J connectivity index is 2.04. The minimum atomic E-state index is -4.48. The second-order valence-corrected chi connectivity index (χ2v) is 4.57. The second kappa shape index (κ2) is 6.31. The van der Waals surface area contributed by atoms with Gasteiger partial charge in [0.1, 0.15) is 0 Å². The molecule has 0 radical (unpaired) electrons. The van der Waals surface area contributed by atoms with Crippen molar-refractivity contribution in [3.8, 4) is 6.07 Å². The number of halogens is 3. The number of hydrogen-bond donors (Lipinski definition) is 1. The summed E-state index contributed by atoms with van der Waals surface area (Å²) < 4.78 is 37.8. The van der Waals surface area contributed by atoms with E-state index in [0.717, 1.165) is 17.7 Å². The fourth-order valence-electron chi connectivity index (χ4n) is 1.82. The Morgan fingerprint density at radius 1 is 1.14 bits per heavy atom. The van der Waals surface area contributed by atoms with Crippen molar-refractivity contribution in [1.82, 2.24) is 5.32 Å². The van der Waals surface area contributed by atoms with Gasteiger partial charge in [0.2, 0.25) is 0 Å². The summed E-state index contributed by atoms with van der Waals surface area (Å²) in [6, 6.07) is 12.8. The molecule has 3 nitrogen and oxygen atoms in total. The molecule has 1 N–H and O–H groups in total. The van der Waals surface area contributed by atoms with E-state index in [-0.39, 0.29) is 12.1 Å². The minimum Gasteiger partial charge on any atom is -0.348 e. The van der Waals surface area contributed by atoms with Crippen molar-refractivity contribution in [1.29, 1.82) is 5.26 Å². The lowest BCUT2D eigenvalue weighted by Gasteiger charge is -2.09. The van der Waals surface area contributed by atoms with E-state index in [0.29, 0.717) is 5.56 Å². The van der Waals surface area contributed by atoms with Gasteiger partial charge in [0, 0.05) is 12.1 Å². The molecule has 0 saturated carbocycles. The molecule has 2 rings (SSSR count). The van der Waals surface area contributed by atoms with Crippen LogP contribution in [0.3, 0.4) is 0 Å². The zero-order chi connectivity index (χ0) is 16.2. The standard InChI is InChI=1S/C16H11F3N2O/c17-16(18,19)14-3-1-2-13(8-14)15(22)21-10-12-6-4-11(9-20)5-7-12/h1-8H,10H2,(H,21,22). The largest absolute Gasteiger partial charge is 0.416 e. The molecule has 0 atom stereocenters. The zero-order valence-electron chi connectivity index (χ0n) is 11.3. The van der Waals surface area contributed by atoms with Crippen LogP contribution in [0.25, 0.3) is 0 Å². The van der Waals surface area contributed by atoms with Gasteiger partial charge < -0.3 is 5.32 Å². The van der Waals surface area contributed by atoms with E-state index in [9.17, 15) is 18.0 Å². The fraction of sp³-hybridized carbons (Fsp3) is 0.125. The molecule has 0 aliphatic heterocycles. The highest BCUT2D eigenvalue weighted by Gasteiger charge is 2.30. The average Bonchev–Trinajstić information content (AvgIpc) is 2.52. The average molecular weight is 304 g/mol. The third kappa shape index (κ3) is 3.85. The van der Waals surface area contributed by atoms with E-state index >= 15 is 0 Å². The molecule has 0 bridgehead atoms. The molecule has 0 heterocycles. The van der Waals surface area contributed by atoms with Crippen LogP contribution < -0.4 is 5.32 Å². The van der Waals surface area contributed by atoms with Gasteiger partial charge in [0.25, 0.3) is 5.91 Å². The van der Waals surface area contributed by atoms with Crippen LogP contribution >= 0.6 is 0 Å². The Kier molecular flexibility index (Phi) is 4.47. The number of alkyl halides is 3. The van der Waals surface area contributed by atoms with Gasteiger partial charge >= 0.3 is 6.18 Å². The van der Waals surface area contributed by atoms with Gasteiger partial charge in [-0.05, 0) is 35.9 Å². The van der Waals surface area contributed by atoms with E-state index in [4.69, 9.17) is 5.26 Å². The highest BCUT2D eigenvalue weighted by atomic mass is 19.4. The maximum absolute atomic E-state index is 12.6. The summed E-state index contributed by atoms with van der Waals surface area (Å²) in [5.74, 6) is -0.588. The minimum absolute atomic E-state index is 0.0523. The lowest BCUT2D eigenvalue weighted by molar-refractivity contribution is -0.137. The molecule has 2 aromatic carbocycles. The molecule has 0 aromatic heterocycles. The molecular weight excluding hydrogens is 293 g/mol. The first kappa shape index (κ1) is 15.6. The molecule has 1 amide bonds. The lowest BCUT2D eigenvalue weighted by Crippen LogP contribution is -2.23. The number of nitrogens with zero attached hydrogens (tertiary/aromatic N) is 1. The van der Waals surface area contributed by atoms with E-state index in [1.165, 1.54) is 12.1 Å². The molecular formula is C16H11F3N2O. The highest BCUT2D eigenvalue weighted by Crippen LogP contribution is 2.29. The van der Waals surface area contributed by atoms with E-state index in [1.54, 1.807) is 24.3 Å². The SMILES string of the molecule is N#Cc1ccc(CNC(=O)c2cccc(C(F)(F)F)c2)cc1. The number of carbonyl (C=O) groups is 1. The van der Waals surface area contributed by atoms with Crippen LogP contribution in [0, 0.1) is 11.3 Å². The third-order valence-electron chi connectivity index (χ3n) is 2.99. The van der Waals surface area contributed by atoms with Crippen LogP contribution in [0.1, 0.15) is 27.0 Å². The van der Waals surface area contributed by atoms with Crippen LogP contribution in [-0.4, -0.2) is 5.91 Å².